The highest BCUT2D eigenvalue weighted by Gasteiger charge is 2.19. The van der Waals surface area contributed by atoms with Gasteiger partial charge >= 0.3 is 0 Å². The zero-order chi connectivity index (χ0) is 42.8. The second kappa shape index (κ2) is 15.0. The Labute approximate surface area is 376 Å². The molecule has 13 rings (SSSR count). The van der Waals surface area contributed by atoms with Crippen LogP contribution in [-0.4, -0.2) is 13.7 Å². The third-order valence-electron chi connectivity index (χ3n) is 13.3. The fourth-order valence-corrected chi connectivity index (χ4v) is 10.2. The molecular weight excluding hydrogens is 787 g/mol. The predicted molar refractivity (Wildman–Crippen MR) is 274 cm³/mol. The van der Waals surface area contributed by atoms with Gasteiger partial charge in [-0.1, -0.05) is 158 Å². The van der Waals surface area contributed by atoms with Gasteiger partial charge in [0.2, 0.25) is 0 Å². The van der Waals surface area contributed by atoms with E-state index in [1.165, 1.54) is 93.5 Å². The molecular formula is C62H41N3. The van der Waals surface area contributed by atoms with E-state index in [2.05, 4.69) is 263 Å². The highest BCUT2D eigenvalue weighted by Crippen LogP contribution is 2.41. The minimum Gasteiger partial charge on any atom is -0.316 e. The average molecular weight is 828 g/mol. The smallest absolute Gasteiger partial charge is 0.0635 e. The summed E-state index contributed by atoms with van der Waals surface area (Å²) in [6.45, 7) is 0. The number of aromatic nitrogens is 3. The van der Waals surface area contributed by atoms with Crippen LogP contribution in [0.5, 0.6) is 0 Å². The number of benzene rings is 10. The molecule has 0 saturated carbocycles. The van der Waals surface area contributed by atoms with Gasteiger partial charge in [-0.3, -0.25) is 0 Å². The summed E-state index contributed by atoms with van der Waals surface area (Å²) in [4.78, 5) is 0. The molecule has 0 bridgehead atoms. The van der Waals surface area contributed by atoms with Gasteiger partial charge in [0.25, 0.3) is 0 Å². The van der Waals surface area contributed by atoms with Crippen LogP contribution in [-0.2, 0) is 0 Å². The third-order valence-corrected chi connectivity index (χ3v) is 13.3. The van der Waals surface area contributed by atoms with E-state index in [1.807, 2.05) is 0 Å². The van der Waals surface area contributed by atoms with Crippen molar-refractivity contribution in [1.82, 2.24) is 13.7 Å². The van der Waals surface area contributed by atoms with E-state index in [-0.39, 0.29) is 0 Å². The molecule has 10 aromatic carbocycles. The maximum Gasteiger partial charge on any atom is 0.0635 e. The molecule has 0 saturated heterocycles. The fraction of sp³-hybridized carbons (Fsp3) is 0. The molecule has 3 heterocycles. The molecule has 0 aliphatic heterocycles. The first-order chi connectivity index (χ1) is 32.2. The molecule has 0 fully saturated rings. The molecule has 65 heavy (non-hydrogen) atoms. The molecule has 0 radical (unpaired) electrons. The summed E-state index contributed by atoms with van der Waals surface area (Å²) >= 11 is 0. The third kappa shape index (κ3) is 6.12. The van der Waals surface area contributed by atoms with Crippen molar-refractivity contribution in [3.63, 3.8) is 0 Å². The number of nitrogens with zero attached hydrogens (tertiary/aromatic N) is 3. The van der Waals surface area contributed by atoms with Crippen LogP contribution in [0.25, 0.3) is 116 Å². The van der Waals surface area contributed by atoms with Crippen molar-refractivity contribution in [2.45, 2.75) is 0 Å². The monoisotopic (exact) mass is 827 g/mol. The lowest BCUT2D eigenvalue weighted by Gasteiger charge is -2.14. The average Bonchev–Trinajstić information content (AvgIpc) is 4.07. The Kier molecular flexibility index (Phi) is 8.53. The second-order valence-corrected chi connectivity index (χ2v) is 17.0. The number of rotatable bonds is 7. The Morgan fingerprint density at radius 1 is 0.215 bits per heavy atom. The van der Waals surface area contributed by atoms with E-state index in [4.69, 9.17) is 0 Å². The summed E-state index contributed by atoms with van der Waals surface area (Å²) < 4.78 is 7.24. The Morgan fingerprint density at radius 2 is 0.662 bits per heavy atom. The van der Waals surface area contributed by atoms with E-state index in [9.17, 15) is 0 Å². The lowest BCUT2D eigenvalue weighted by Crippen LogP contribution is -1.98. The van der Waals surface area contributed by atoms with Crippen LogP contribution in [0.1, 0.15) is 0 Å². The summed E-state index contributed by atoms with van der Waals surface area (Å²) in [6.07, 6.45) is 2.24. The molecule has 3 aromatic heterocycles. The Balaban J connectivity index is 0.973. The maximum absolute atomic E-state index is 2.46. The number of para-hydroxylation sites is 1. The van der Waals surface area contributed by atoms with Gasteiger partial charge in [-0.2, -0.15) is 0 Å². The van der Waals surface area contributed by atoms with Crippen LogP contribution in [0.4, 0.5) is 0 Å². The zero-order valence-corrected chi connectivity index (χ0v) is 35.5. The van der Waals surface area contributed by atoms with Crippen LogP contribution in [0, 0.1) is 0 Å². The Bertz CT molecular complexity index is 3740. The van der Waals surface area contributed by atoms with Crippen molar-refractivity contribution >= 4 is 54.5 Å². The summed E-state index contributed by atoms with van der Waals surface area (Å²) in [5.41, 5.74) is 18.9. The van der Waals surface area contributed by atoms with Gasteiger partial charge in [0, 0.05) is 50.2 Å². The SMILES string of the molecule is c1ccc(-c2cc(-c3ccccc3)cc(-n3ccc4c3ccc3c5ccccc5n(-c5ccc(-n6c7ccc(-c8ccccc8)cc7c7cc(-c8ccccc8)ccc76)cc5)c34)c2)cc1. The van der Waals surface area contributed by atoms with Crippen LogP contribution in [0.3, 0.4) is 0 Å². The summed E-state index contributed by atoms with van der Waals surface area (Å²) in [5, 5.41) is 6.17. The first kappa shape index (κ1) is 36.9. The molecule has 3 heteroatoms. The van der Waals surface area contributed by atoms with Gasteiger partial charge in [0.15, 0.2) is 0 Å². The largest absolute Gasteiger partial charge is 0.316 e. The predicted octanol–water partition coefficient (Wildman–Crippen LogP) is 16.5. The summed E-state index contributed by atoms with van der Waals surface area (Å²) in [5.74, 6) is 0. The molecule has 0 amide bonds. The first-order valence-corrected chi connectivity index (χ1v) is 22.3. The summed E-state index contributed by atoms with van der Waals surface area (Å²) in [6, 6.07) is 88.4. The molecule has 0 unspecified atom stereocenters. The molecule has 0 spiro atoms. The quantitative estimate of drug-likeness (QED) is 0.152. The Hall–Kier alpha value is -8.66. The van der Waals surface area contributed by atoms with Gasteiger partial charge < -0.3 is 13.7 Å². The lowest BCUT2D eigenvalue weighted by atomic mass is 9.98. The zero-order valence-electron chi connectivity index (χ0n) is 35.5. The van der Waals surface area contributed by atoms with Gasteiger partial charge in [0.05, 0.1) is 27.6 Å². The van der Waals surface area contributed by atoms with Crippen molar-refractivity contribution < 1.29 is 0 Å². The van der Waals surface area contributed by atoms with Crippen LogP contribution < -0.4 is 0 Å². The van der Waals surface area contributed by atoms with Crippen molar-refractivity contribution in [2.24, 2.45) is 0 Å². The van der Waals surface area contributed by atoms with Crippen LogP contribution in [0.15, 0.2) is 249 Å². The van der Waals surface area contributed by atoms with Crippen molar-refractivity contribution in [3.8, 4) is 61.6 Å². The van der Waals surface area contributed by atoms with Gasteiger partial charge in [0.1, 0.15) is 0 Å². The molecule has 304 valence electrons. The standard InChI is InChI=1S/C62H41N3/c1-5-15-42(16-6-1)46-25-32-60-56(40-46)57-41-47(43-17-7-2-8-18-43)26-33-61(57)64(60)50-27-29-51(30-28-50)65-59-24-14-13-23-53(59)54-31-34-58-55(62(54)65)35-36-63(58)52-38-48(44-19-9-3-10-20-44)37-49(39-52)45-21-11-4-12-22-45/h1-41H. The van der Waals surface area contributed by atoms with Gasteiger partial charge in [-0.05, 0) is 129 Å². The van der Waals surface area contributed by atoms with Crippen molar-refractivity contribution in [2.75, 3.05) is 0 Å². The van der Waals surface area contributed by atoms with Crippen LogP contribution >= 0.6 is 0 Å². The fourth-order valence-electron chi connectivity index (χ4n) is 10.2. The number of fused-ring (bicyclic) bond motifs is 8. The topological polar surface area (TPSA) is 14.8 Å². The summed E-state index contributed by atoms with van der Waals surface area (Å²) in [7, 11) is 0. The minimum atomic E-state index is 1.12. The Morgan fingerprint density at radius 3 is 1.20 bits per heavy atom. The molecule has 3 nitrogen and oxygen atoms in total. The highest BCUT2D eigenvalue weighted by atomic mass is 15.0. The van der Waals surface area contributed by atoms with Gasteiger partial charge in [-0.25, -0.2) is 0 Å². The molecule has 13 aromatic rings. The van der Waals surface area contributed by atoms with E-state index in [1.54, 1.807) is 0 Å². The molecule has 0 N–H and O–H groups in total. The number of hydrogen-bond donors (Lipinski definition) is 0. The van der Waals surface area contributed by atoms with Crippen LogP contribution in [0.2, 0.25) is 0 Å². The second-order valence-electron chi connectivity index (χ2n) is 17.0. The number of hydrogen-bond acceptors (Lipinski definition) is 0. The van der Waals surface area contributed by atoms with E-state index >= 15 is 0 Å². The normalized spacial score (nSPS) is 11.7. The van der Waals surface area contributed by atoms with E-state index in [0.717, 1.165) is 22.6 Å². The first-order valence-electron chi connectivity index (χ1n) is 22.3. The molecule has 0 atom stereocenters. The van der Waals surface area contributed by atoms with Crippen molar-refractivity contribution in [1.29, 1.82) is 0 Å². The van der Waals surface area contributed by atoms with Gasteiger partial charge in [-0.15, -0.1) is 0 Å². The maximum atomic E-state index is 2.46. The molecule has 0 aliphatic rings. The lowest BCUT2D eigenvalue weighted by molar-refractivity contribution is 1.13. The minimum absolute atomic E-state index is 1.12. The molecule has 0 aliphatic carbocycles. The highest BCUT2D eigenvalue weighted by molar-refractivity contribution is 6.18. The van der Waals surface area contributed by atoms with E-state index < -0.39 is 0 Å². The van der Waals surface area contributed by atoms with Crippen molar-refractivity contribution in [3.05, 3.63) is 249 Å². The van der Waals surface area contributed by atoms with E-state index in [0.29, 0.717) is 0 Å².